The van der Waals surface area contributed by atoms with Crippen molar-refractivity contribution in [2.75, 3.05) is 6.54 Å². The summed E-state index contributed by atoms with van der Waals surface area (Å²) < 4.78 is 1.61. The van der Waals surface area contributed by atoms with Gasteiger partial charge in [-0.05, 0) is 25.6 Å². The van der Waals surface area contributed by atoms with Crippen LogP contribution in [0.1, 0.15) is 18.2 Å². The Labute approximate surface area is 110 Å². The molecule has 1 aromatic carbocycles. The molecule has 0 saturated carbocycles. The Bertz CT molecular complexity index is 594. The Balaban J connectivity index is 2.24. The van der Waals surface area contributed by atoms with Gasteiger partial charge in [-0.25, -0.2) is 4.68 Å². The summed E-state index contributed by atoms with van der Waals surface area (Å²) in [6.45, 7) is 5.24. The van der Waals surface area contributed by atoms with Gasteiger partial charge in [-0.15, -0.1) is 5.10 Å². The first kappa shape index (κ1) is 13.2. The highest BCUT2D eigenvalue weighted by atomic mass is 16.6. The molecule has 0 fully saturated rings. The normalized spacial score (nSPS) is 10.6. The highest BCUT2D eigenvalue weighted by molar-refractivity contribution is 5.47. The van der Waals surface area contributed by atoms with E-state index < -0.39 is 4.92 Å². The maximum Gasteiger partial charge on any atom is 0.272 e. The van der Waals surface area contributed by atoms with Crippen LogP contribution in [0.25, 0.3) is 5.69 Å². The third-order valence-corrected chi connectivity index (χ3v) is 2.74. The Morgan fingerprint density at radius 1 is 1.47 bits per heavy atom. The van der Waals surface area contributed by atoms with Gasteiger partial charge in [-0.3, -0.25) is 10.1 Å². The molecule has 0 radical (unpaired) electrons. The molecule has 0 bridgehead atoms. The summed E-state index contributed by atoms with van der Waals surface area (Å²) in [6.07, 6.45) is 1.81. The van der Waals surface area contributed by atoms with Crippen LogP contribution in [0, 0.1) is 17.0 Å². The fourth-order valence-corrected chi connectivity index (χ4v) is 1.75. The van der Waals surface area contributed by atoms with E-state index >= 15 is 0 Å². The van der Waals surface area contributed by atoms with Gasteiger partial charge in [-0.1, -0.05) is 12.1 Å². The molecule has 2 aromatic rings. The molecule has 7 heteroatoms. The van der Waals surface area contributed by atoms with Gasteiger partial charge in [0.1, 0.15) is 0 Å². The maximum absolute atomic E-state index is 10.8. The summed E-state index contributed by atoms with van der Waals surface area (Å²) in [5.41, 5.74) is 2.30. The molecular weight excluding hydrogens is 246 g/mol. The van der Waals surface area contributed by atoms with Crippen LogP contribution in [0.15, 0.2) is 24.4 Å². The Hall–Kier alpha value is -2.28. The summed E-state index contributed by atoms with van der Waals surface area (Å²) in [5, 5.41) is 22.0. The minimum atomic E-state index is -0.392. The van der Waals surface area contributed by atoms with E-state index in [1.807, 2.05) is 13.1 Å². The van der Waals surface area contributed by atoms with Gasteiger partial charge in [0.2, 0.25) is 0 Å². The molecule has 1 N–H and O–H groups in total. The zero-order valence-corrected chi connectivity index (χ0v) is 10.8. The lowest BCUT2D eigenvalue weighted by Crippen LogP contribution is -2.11. The van der Waals surface area contributed by atoms with Crippen LogP contribution in [0.5, 0.6) is 0 Å². The van der Waals surface area contributed by atoms with E-state index in [-0.39, 0.29) is 5.69 Å². The Morgan fingerprint density at radius 3 is 2.89 bits per heavy atom. The summed E-state index contributed by atoms with van der Waals surface area (Å²) in [5.74, 6) is 0. The van der Waals surface area contributed by atoms with E-state index in [0.29, 0.717) is 12.1 Å². The van der Waals surface area contributed by atoms with Gasteiger partial charge in [0.25, 0.3) is 5.69 Å². The number of nitro benzene ring substituents is 1. The molecule has 0 amide bonds. The lowest BCUT2D eigenvalue weighted by atomic mass is 10.2. The highest BCUT2D eigenvalue weighted by Gasteiger charge is 2.11. The molecule has 0 unspecified atom stereocenters. The molecule has 0 aliphatic rings. The number of nitro groups is 1. The number of hydrogen-bond acceptors (Lipinski definition) is 5. The number of rotatable bonds is 5. The second-order valence-electron chi connectivity index (χ2n) is 4.16. The number of benzene rings is 1. The topological polar surface area (TPSA) is 85.9 Å². The molecule has 2 rings (SSSR count). The molecular formula is C12H15N5O2. The maximum atomic E-state index is 10.8. The summed E-state index contributed by atoms with van der Waals surface area (Å²) in [6, 6.07) is 4.87. The van der Waals surface area contributed by atoms with Crippen molar-refractivity contribution in [2.24, 2.45) is 0 Å². The Morgan fingerprint density at radius 2 is 2.26 bits per heavy atom. The lowest BCUT2D eigenvalue weighted by molar-refractivity contribution is -0.385. The number of aryl methyl sites for hydroxylation is 1. The van der Waals surface area contributed by atoms with E-state index in [1.54, 1.807) is 23.7 Å². The average molecular weight is 261 g/mol. The van der Waals surface area contributed by atoms with Crippen molar-refractivity contribution in [2.45, 2.75) is 20.4 Å². The van der Waals surface area contributed by atoms with Crippen LogP contribution >= 0.6 is 0 Å². The second kappa shape index (κ2) is 5.57. The SMILES string of the molecule is CCNCc1cn(-c2ccc([N+](=O)[O-])c(C)c2)nn1. The van der Waals surface area contributed by atoms with Gasteiger partial charge < -0.3 is 5.32 Å². The summed E-state index contributed by atoms with van der Waals surface area (Å²) in [4.78, 5) is 10.4. The molecule has 0 atom stereocenters. The zero-order chi connectivity index (χ0) is 13.8. The first-order valence-electron chi connectivity index (χ1n) is 5.99. The number of aromatic nitrogens is 3. The van der Waals surface area contributed by atoms with Crippen LogP contribution in [0.4, 0.5) is 5.69 Å². The van der Waals surface area contributed by atoms with Crippen molar-refractivity contribution < 1.29 is 4.92 Å². The van der Waals surface area contributed by atoms with Crippen molar-refractivity contribution in [3.63, 3.8) is 0 Å². The molecule has 1 heterocycles. The van der Waals surface area contributed by atoms with E-state index in [9.17, 15) is 10.1 Å². The minimum absolute atomic E-state index is 0.108. The second-order valence-corrected chi connectivity index (χ2v) is 4.16. The zero-order valence-electron chi connectivity index (χ0n) is 10.8. The van der Waals surface area contributed by atoms with Gasteiger partial charge in [0, 0.05) is 18.2 Å². The predicted octanol–water partition coefficient (Wildman–Crippen LogP) is 1.59. The van der Waals surface area contributed by atoms with E-state index in [0.717, 1.165) is 17.9 Å². The van der Waals surface area contributed by atoms with Crippen LogP contribution in [0.2, 0.25) is 0 Å². The van der Waals surface area contributed by atoms with E-state index in [2.05, 4.69) is 15.6 Å². The summed E-state index contributed by atoms with van der Waals surface area (Å²) >= 11 is 0. The first-order chi connectivity index (χ1) is 9.11. The smallest absolute Gasteiger partial charge is 0.272 e. The number of hydrogen-bond donors (Lipinski definition) is 1. The largest absolute Gasteiger partial charge is 0.311 e. The van der Waals surface area contributed by atoms with Crippen LogP contribution in [-0.4, -0.2) is 26.5 Å². The standard InChI is InChI=1S/C12H15N5O2/c1-3-13-7-10-8-16(15-14-10)11-4-5-12(17(18)19)9(2)6-11/h4-6,8,13H,3,7H2,1-2H3. The third-order valence-electron chi connectivity index (χ3n) is 2.74. The van der Waals surface area contributed by atoms with Crippen molar-refractivity contribution in [1.29, 1.82) is 0 Å². The van der Waals surface area contributed by atoms with Crippen LogP contribution < -0.4 is 5.32 Å². The van der Waals surface area contributed by atoms with Gasteiger partial charge in [0.15, 0.2) is 0 Å². The monoisotopic (exact) mass is 261 g/mol. The highest BCUT2D eigenvalue weighted by Crippen LogP contribution is 2.20. The molecule has 0 aliphatic heterocycles. The third kappa shape index (κ3) is 2.94. The van der Waals surface area contributed by atoms with E-state index in [1.165, 1.54) is 6.07 Å². The van der Waals surface area contributed by atoms with Crippen molar-refractivity contribution in [3.8, 4) is 5.69 Å². The molecule has 1 aromatic heterocycles. The quantitative estimate of drug-likeness (QED) is 0.652. The molecule has 7 nitrogen and oxygen atoms in total. The fraction of sp³-hybridized carbons (Fsp3) is 0.333. The fourth-order valence-electron chi connectivity index (χ4n) is 1.75. The molecule has 19 heavy (non-hydrogen) atoms. The molecule has 100 valence electrons. The number of nitrogens with one attached hydrogen (secondary N) is 1. The van der Waals surface area contributed by atoms with Gasteiger partial charge >= 0.3 is 0 Å². The molecule has 0 saturated heterocycles. The Kier molecular flexibility index (Phi) is 3.86. The predicted molar refractivity (Wildman–Crippen MR) is 70.1 cm³/mol. The van der Waals surface area contributed by atoms with Crippen molar-refractivity contribution >= 4 is 5.69 Å². The molecule has 0 spiro atoms. The van der Waals surface area contributed by atoms with Gasteiger partial charge in [-0.2, -0.15) is 0 Å². The first-order valence-corrected chi connectivity index (χ1v) is 5.99. The average Bonchev–Trinajstić information content (AvgIpc) is 2.84. The lowest BCUT2D eigenvalue weighted by Gasteiger charge is -2.02. The van der Waals surface area contributed by atoms with Crippen LogP contribution in [-0.2, 0) is 6.54 Å². The summed E-state index contributed by atoms with van der Waals surface area (Å²) in [7, 11) is 0. The van der Waals surface area contributed by atoms with Gasteiger partial charge in [0.05, 0.1) is 22.5 Å². The minimum Gasteiger partial charge on any atom is -0.311 e. The van der Waals surface area contributed by atoms with Crippen LogP contribution in [0.3, 0.4) is 0 Å². The molecule has 0 aliphatic carbocycles. The van der Waals surface area contributed by atoms with Crippen molar-refractivity contribution in [3.05, 3.63) is 45.8 Å². The number of nitrogens with zero attached hydrogens (tertiary/aromatic N) is 4. The van der Waals surface area contributed by atoms with E-state index in [4.69, 9.17) is 0 Å². The van der Waals surface area contributed by atoms with Crippen molar-refractivity contribution in [1.82, 2.24) is 20.3 Å².